The topological polar surface area (TPSA) is 58.4 Å². The summed E-state index contributed by atoms with van der Waals surface area (Å²) in [6.45, 7) is 4.69. The Labute approximate surface area is 120 Å². The van der Waals surface area contributed by atoms with Crippen LogP contribution in [0, 0.1) is 5.92 Å². The summed E-state index contributed by atoms with van der Waals surface area (Å²) in [7, 11) is 4.05. The van der Waals surface area contributed by atoms with Crippen LogP contribution < -0.4 is 11.1 Å². The molecule has 1 amide bonds. The van der Waals surface area contributed by atoms with E-state index >= 15 is 0 Å². The van der Waals surface area contributed by atoms with E-state index in [4.69, 9.17) is 5.73 Å². The summed E-state index contributed by atoms with van der Waals surface area (Å²) >= 11 is 1.71. The molecule has 5 heteroatoms. The number of rotatable bonds is 7. The monoisotopic (exact) mass is 283 g/mol. The minimum absolute atomic E-state index is 0.0320. The van der Waals surface area contributed by atoms with Gasteiger partial charge in [-0.25, -0.2) is 0 Å². The summed E-state index contributed by atoms with van der Waals surface area (Å²) in [5, 5.41) is 5.04. The summed E-state index contributed by atoms with van der Waals surface area (Å²) in [5.74, 6) is 0.359. The van der Waals surface area contributed by atoms with E-state index in [2.05, 4.69) is 21.7 Å². The Bertz CT molecular complexity index is 376. The average molecular weight is 283 g/mol. The molecule has 0 fully saturated rings. The Kier molecular flexibility index (Phi) is 6.48. The zero-order valence-corrected chi connectivity index (χ0v) is 13.0. The van der Waals surface area contributed by atoms with Crippen molar-refractivity contribution in [2.24, 2.45) is 11.7 Å². The van der Waals surface area contributed by atoms with Gasteiger partial charge in [-0.3, -0.25) is 4.79 Å². The second-order valence-electron chi connectivity index (χ2n) is 5.41. The van der Waals surface area contributed by atoms with Crippen LogP contribution in [-0.2, 0) is 4.79 Å². The molecule has 1 rings (SSSR count). The average Bonchev–Trinajstić information content (AvgIpc) is 2.82. The Morgan fingerprint density at radius 2 is 2.16 bits per heavy atom. The van der Waals surface area contributed by atoms with Crippen LogP contribution in [-0.4, -0.2) is 37.5 Å². The molecule has 108 valence electrons. The quantitative estimate of drug-likeness (QED) is 0.803. The molecule has 0 aliphatic rings. The summed E-state index contributed by atoms with van der Waals surface area (Å²) in [6, 6.07) is 4.28. The maximum absolute atomic E-state index is 11.8. The van der Waals surface area contributed by atoms with Gasteiger partial charge in [-0.2, -0.15) is 0 Å². The number of hydrogen-bond acceptors (Lipinski definition) is 4. The van der Waals surface area contributed by atoms with Gasteiger partial charge in [0.25, 0.3) is 0 Å². The number of hydrogen-bond donors (Lipinski definition) is 2. The number of thiophene rings is 1. The maximum atomic E-state index is 11.8. The third-order valence-corrected chi connectivity index (χ3v) is 4.24. The molecule has 1 heterocycles. The van der Waals surface area contributed by atoms with Gasteiger partial charge in [0.05, 0.1) is 6.04 Å². The fourth-order valence-electron chi connectivity index (χ4n) is 1.75. The van der Waals surface area contributed by atoms with Crippen molar-refractivity contribution < 1.29 is 4.79 Å². The van der Waals surface area contributed by atoms with Gasteiger partial charge in [0, 0.05) is 23.9 Å². The summed E-state index contributed by atoms with van der Waals surface area (Å²) in [6.07, 6.45) is 0.391. The first-order chi connectivity index (χ1) is 8.91. The van der Waals surface area contributed by atoms with Crippen molar-refractivity contribution in [2.45, 2.75) is 32.4 Å². The third kappa shape index (κ3) is 5.30. The predicted octanol–water partition coefficient (Wildman–Crippen LogP) is 1.84. The van der Waals surface area contributed by atoms with Crippen molar-refractivity contribution in [1.29, 1.82) is 0 Å². The van der Waals surface area contributed by atoms with Crippen molar-refractivity contribution >= 4 is 17.2 Å². The van der Waals surface area contributed by atoms with Crippen LogP contribution in [0.4, 0.5) is 0 Å². The maximum Gasteiger partial charge on any atom is 0.221 e. The molecule has 0 bridgehead atoms. The molecule has 0 aromatic carbocycles. The molecule has 1 aromatic rings. The molecule has 0 saturated heterocycles. The first-order valence-corrected chi connectivity index (χ1v) is 7.52. The number of nitrogens with one attached hydrogen (secondary N) is 1. The molecule has 0 radical (unpaired) electrons. The fourth-order valence-corrected chi connectivity index (χ4v) is 2.67. The van der Waals surface area contributed by atoms with Crippen LogP contribution in [0.5, 0.6) is 0 Å². The molecule has 0 spiro atoms. The number of nitrogens with two attached hydrogens (primary N) is 1. The van der Waals surface area contributed by atoms with E-state index in [-0.39, 0.29) is 18.0 Å². The molecule has 0 aliphatic heterocycles. The van der Waals surface area contributed by atoms with Crippen LogP contribution in [0.15, 0.2) is 17.5 Å². The summed E-state index contributed by atoms with van der Waals surface area (Å²) in [5.41, 5.74) is 5.91. The molecule has 3 N–H and O–H groups in total. The number of amides is 1. The number of carbonyl (C=O) groups excluding carboxylic acids is 1. The Hall–Kier alpha value is -0.910. The number of carbonyl (C=O) groups is 1. The van der Waals surface area contributed by atoms with Crippen molar-refractivity contribution in [3.8, 4) is 0 Å². The van der Waals surface area contributed by atoms with Crippen molar-refractivity contribution in [3.63, 3.8) is 0 Å². The van der Waals surface area contributed by atoms with Gasteiger partial charge in [0.2, 0.25) is 5.91 Å². The lowest BCUT2D eigenvalue weighted by molar-refractivity contribution is -0.121. The molecule has 2 atom stereocenters. The van der Waals surface area contributed by atoms with Gasteiger partial charge < -0.3 is 16.0 Å². The van der Waals surface area contributed by atoms with E-state index in [9.17, 15) is 4.79 Å². The number of likely N-dealkylation sites (N-methyl/N-ethyl adjacent to an activating group) is 1. The largest absolute Gasteiger partial charge is 0.354 e. The lowest BCUT2D eigenvalue weighted by Crippen LogP contribution is -2.38. The van der Waals surface area contributed by atoms with E-state index in [1.54, 1.807) is 11.3 Å². The highest BCUT2D eigenvalue weighted by Crippen LogP contribution is 2.22. The zero-order valence-electron chi connectivity index (χ0n) is 12.2. The molecule has 19 heavy (non-hydrogen) atoms. The van der Waals surface area contributed by atoms with E-state index < -0.39 is 0 Å². The number of nitrogens with zero attached hydrogens (tertiary/aromatic N) is 1. The van der Waals surface area contributed by atoms with Gasteiger partial charge in [0.15, 0.2) is 0 Å². The second-order valence-corrected chi connectivity index (χ2v) is 6.39. The Morgan fingerprint density at radius 3 is 2.63 bits per heavy atom. The van der Waals surface area contributed by atoms with Gasteiger partial charge in [0.1, 0.15) is 0 Å². The van der Waals surface area contributed by atoms with E-state index in [0.717, 1.165) is 0 Å². The Balaban J connectivity index is 2.47. The third-order valence-electron chi connectivity index (χ3n) is 3.26. The lowest BCUT2D eigenvalue weighted by Gasteiger charge is -2.24. The highest BCUT2D eigenvalue weighted by atomic mass is 32.1. The molecule has 1 aromatic heterocycles. The predicted molar refractivity (Wildman–Crippen MR) is 81.2 cm³/mol. The minimum atomic E-state index is -0.0699. The summed E-state index contributed by atoms with van der Waals surface area (Å²) in [4.78, 5) is 15.2. The minimum Gasteiger partial charge on any atom is -0.354 e. The fraction of sp³-hybridized carbons (Fsp3) is 0.643. The van der Waals surface area contributed by atoms with Crippen LogP contribution in [0.3, 0.4) is 0 Å². The molecule has 0 saturated carbocycles. The molecule has 2 unspecified atom stereocenters. The molecular weight excluding hydrogens is 258 g/mol. The van der Waals surface area contributed by atoms with Gasteiger partial charge >= 0.3 is 0 Å². The van der Waals surface area contributed by atoms with E-state index in [0.29, 0.717) is 18.9 Å². The highest BCUT2D eigenvalue weighted by molar-refractivity contribution is 7.10. The van der Waals surface area contributed by atoms with Crippen molar-refractivity contribution in [1.82, 2.24) is 10.2 Å². The zero-order chi connectivity index (χ0) is 14.4. The van der Waals surface area contributed by atoms with E-state index in [1.165, 1.54) is 4.88 Å². The van der Waals surface area contributed by atoms with Crippen LogP contribution >= 0.6 is 11.3 Å². The first kappa shape index (κ1) is 16.1. The van der Waals surface area contributed by atoms with Crippen LogP contribution in [0.1, 0.15) is 31.2 Å². The molecule has 0 aliphatic carbocycles. The SMILES string of the molecule is CC(C)C(N)CC(=O)NCC(c1cccs1)N(C)C. The first-order valence-electron chi connectivity index (χ1n) is 6.64. The van der Waals surface area contributed by atoms with Crippen LogP contribution in [0.2, 0.25) is 0 Å². The highest BCUT2D eigenvalue weighted by Gasteiger charge is 2.18. The standard InChI is InChI=1S/C14H25N3OS/c1-10(2)11(15)8-14(18)16-9-12(17(3)4)13-6-5-7-19-13/h5-7,10-12H,8-9,15H2,1-4H3,(H,16,18). The Morgan fingerprint density at radius 1 is 1.47 bits per heavy atom. The van der Waals surface area contributed by atoms with Crippen molar-refractivity contribution in [3.05, 3.63) is 22.4 Å². The second kappa shape index (κ2) is 7.62. The van der Waals surface area contributed by atoms with Gasteiger partial charge in [-0.05, 0) is 31.5 Å². The lowest BCUT2D eigenvalue weighted by atomic mass is 10.0. The van der Waals surface area contributed by atoms with Crippen molar-refractivity contribution in [2.75, 3.05) is 20.6 Å². The smallest absolute Gasteiger partial charge is 0.221 e. The molecular formula is C14H25N3OS. The van der Waals surface area contributed by atoms with Gasteiger partial charge in [-0.1, -0.05) is 19.9 Å². The normalized spacial score (nSPS) is 14.7. The van der Waals surface area contributed by atoms with Crippen LogP contribution in [0.25, 0.3) is 0 Å². The molecule has 4 nitrogen and oxygen atoms in total. The van der Waals surface area contributed by atoms with Gasteiger partial charge in [-0.15, -0.1) is 11.3 Å². The summed E-state index contributed by atoms with van der Waals surface area (Å²) < 4.78 is 0. The van der Waals surface area contributed by atoms with E-state index in [1.807, 2.05) is 34.0 Å².